The van der Waals surface area contributed by atoms with Crippen molar-refractivity contribution in [2.75, 3.05) is 17.2 Å². The number of aromatic nitrogens is 2. The molecule has 7 heteroatoms. The number of anilines is 1. The van der Waals surface area contributed by atoms with Gasteiger partial charge in [0.2, 0.25) is 11.8 Å². The van der Waals surface area contributed by atoms with Gasteiger partial charge in [0.1, 0.15) is 6.54 Å². The Morgan fingerprint density at radius 3 is 2.63 bits per heavy atom. The van der Waals surface area contributed by atoms with Gasteiger partial charge in [-0.2, -0.15) is 5.10 Å². The number of hydrogen-bond acceptors (Lipinski definition) is 4. The van der Waals surface area contributed by atoms with E-state index >= 15 is 0 Å². The highest BCUT2D eigenvalue weighted by Crippen LogP contribution is 2.34. The molecule has 0 radical (unpaired) electrons. The van der Waals surface area contributed by atoms with E-state index in [9.17, 15) is 9.59 Å². The summed E-state index contributed by atoms with van der Waals surface area (Å²) in [5, 5.41) is 7.60. The first kappa shape index (κ1) is 20.2. The molecular weight excluding hydrogens is 396 g/mol. The maximum absolute atomic E-state index is 12.6. The van der Waals surface area contributed by atoms with Crippen LogP contribution >= 0.6 is 11.8 Å². The Bertz CT molecular complexity index is 1080. The van der Waals surface area contributed by atoms with Gasteiger partial charge in [-0.05, 0) is 31.5 Å². The maximum atomic E-state index is 12.6. The standard InChI is InChI=1S/C23H24N4O2S/c1-16-19(17(2)27(25-16)13-18-8-4-3-5-9-18)12-24-22(28)14-26-20-10-6-7-11-21(20)30-15-23(26)29/h3-11H,12-15H2,1-2H3,(H,24,28). The fourth-order valence-corrected chi connectivity index (χ4v) is 4.55. The number of amides is 2. The molecule has 0 spiro atoms. The van der Waals surface area contributed by atoms with Crippen LogP contribution in [0, 0.1) is 13.8 Å². The molecule has 0 unspecified atom stereocenters. The molecular formula is C23H24N4O2S. The number of para-hydroxylation sites is 1. The Hall–Kier alpha value is -3.06. The van der Waals surface area contributed by atoms with Crippen LogP contribution in [0.15, 0.2) is 59.5 Å². The highest BCUT2D eigenvalue weighted by atomic mass is 32.2. The van der Waals surface area contributed by atoms with Crippen molar-refractivity contribution in [2.45, 2.75) is 31.8 Å². The van der Waals surface area contributed by atoms with Crippen molar-refractivity contribution in [3.63, 3.8) is 0 Å². The van der Waals surface area contributed by atoms with Crippen molar-refractivity contribution < 1.29 is 9.59 Å². The molecule has 154 valence electrons. The summed E-state index contributed by atoms with van der Waals surface area (Å²) in [6.07, 6.45) is 0. The molecule has 2 amide bonds. The molecule has 1 N–H and O–H groups in total. The lowest BCUT2D eigenvalue weighted by Crippen LogP contribution is -2.43. The van der Waals surface area contributed by atoms with Gasteiger partial charge in [0.15, 0.2) is 0 Å². The molecule has 2 heterocycles. The Morgan fingerprint density at radius 1 is 1.10 bits per heavy atom. The molecule has 0 aliphatic carbocycles. The smallest absolute Gasteiger partial charge is 0.240 e. The number of nitrogens with one attached hydrogen (secondary N) is 1. The predicted molar refractivity (Wildman–Crippen MR) is 119 cm³/mol. The number of carbonyl (C=O) groups is 2. The monoisotopic (exact) mass is 420 g/mol. The lowest BCUT2D eigenvalue weighted by atomic mass is 10.2. The quantitative estimate of drug-likeness (QED) is 0.664. The van der Waals surface area contributed by atoms with Gasteiger partial charge in [0.05, 0.1) is 23.7 Å². The summed E-state index contributed by atoms with van der Waals surface area (Å²) in [6, 6.07) is 17.9. The third kappa shape index (κ3) is 4.26. The fourth-order valence-electron chi connectivity index (χ4n) is 3.61. The largest absolute Gasteiger partial charge is 0.350 e. The van der Waals surface area contributed by atoms with Crippen molar-refractivity contribution in [1.29, 1.82) is 0 Å². The number of nitrogens with zero attached hydrogens (tertiary/aromatic N) is 3. The van der Waals surface area contributed by atoms with E-state index < -0.39 is 0 Å². The number of carbonyl (C=O) groups excluding carboxylic acids is 2. The highest BCUT2D eigenvalue weighted by Gasteiger charge is 2.26. The lowest BCUT2D eigenvalue weighted by Gasteiger charge is -2.28. The molecule has 6 nitrogen and oxygen atoms in total. The van der Waals surface area contributed by atoms with Crippen LogP contribution in [0.5, 0.6) is 0 Å². The van der Waals surface area contributed by atoms with Crippen molar-refractivity contribution in [3.8, 4) is 0 Å². The van der Waals surface area contributed by atoms with Crippen LogP contribution in [0.1, 0.15) is 22.5 Å². The Labute approximate surface area is 180 Å². The lowest BCUT2D eigenvalue weighted by molar-refractivity contribution is -0.123. The first-order valence-electron chi connectivity index (χ1n) is 9.88. The van der Waals surface area contributed by atoms with Gasteiger partial charge in [-0.25, -0.2) is 0 Å². The molecule has 0 atom stereocenters. The molecule has 1 aromatic heterocycles. The molecule has 0 bridgehead atoms. The first-order chi connectivity index (χ1) is 14.5. The summed E-state index contributed by atoms with van der Waals surface area (Å²) >= 11 is 1.51. The van der Waals surface area contributed by atoms with E-state index in [1.54, 1.807) is 4.90 Å². The minimum atomic E-state index is -0.181. The molecule has 0 saturated carbocycles. The highest BCUT2D eigenvalue weighted by molar-refractivity contribution is 8.00. The summed E-state index contributed by atoms with van der Waals surface area (Å²) in [6.45, 7) is 5.08. The molecule has 30 heavy (non-hydrogen) atoms. The van der Waals surface area contributed by atoms with Crippen LogP contribution in [0.25, 0.3) is 0 Å². The summed E-state index contributed by atoms with van der Waals surface area (Å²) in [7, 11) is 0. The van der Waals surface area contributed by atoms with E-state index in [0.29, 0.717) is 18.8 Å². The number of aryl methyl sites for hydroxylation is 1. The van der Waals surface area contributed by atoms with Crippen molar-refractivity contribution in [1.82, 2.24) is 15.1 Å². The van der Waals surface area contributed by atoms with E-state index in [-0.39, 0.29) is 18.4 Å². The Morgan fingerprint density at radius 2 is 1.83 bits per heavy atom. The van der Waals surface area contributed by atoms with Crippen molar-refractivity contribution >= 4 is 29.3 Å². The topological polar surface area (TPSA) is 67.2 Å². The zero-order chi connectivity index (χ0) is 21.1. The van der Waals surface area contributed by atoms with Gasteiger partial charge in [0, 0.05) is 22.7 Å². The van der Waals surface area contributed by atoms with Crippen LogP contribution in [-0.4, -0.2) is 33.9 Å². The van der Waals surface area contributed by atoms with Crippen molar-refractivity contribution in [3.05, 3.63) is 77.1 Å². The Balaban J connectivity index is 1.42. The van der Waals surface area contributed by atoms with Crippen molar-refractivity contribution in [2.24, 2.45) is 0 Å². The van der Waals surface area contributed by atoms with E-state index in [4.69, 9.17) is 0 Å². The summed E-state index contributed by atoms with van der Waals surface area (Å²) in [4.78, 5) is 27.6. The third-order valence-corrected chi connectivity index (χ3v) is 6.33. The molecule has 4 rings (SSSR count). The van der Waals surface area contributed by atoms with Crippen LogP contribution < -0.4 is 10.2 Å². The second kappa shape index (κ2) is 8.75. The van der Waals surface area contributed by atoms with Crippen LogP contribution in [0.3, 0.4) is 0 Å². The Kier molecular flexibility index (Phi) is 5.90. The molecule has 1 aliphatic rings. The second-order valence-electron chi connectivity index (χ2n) is 7.31. The number of benzene rings is 2. The van der Waals surface area contributed by atoms with E-state index in [0.717, 1.165) is 27.5 Å². The van der Waals surface area contributed by atoms with Crippen LogP contribution in [0.2, 0.25) is 0 Å². The summed E-state index contributed by atoms with van der Waals surface area (Å²) in [5.41, 5.74) is 4.93. The SMILES string of the molecule is Cc1nn(Cc2ccccc2)c(C)c1CNC(=O)CN1C(=O)CSc2ccccc21. The number of hydrogen-bond donors (Lipinski definition) is 1. The van der Waals surface area contributed by atoms with Crippen LogP contribution in [0.4, 0.5) is 5.69 Å². The molecule has 0 fully saturated rings. The average molecular weight is 421 g/mol. The maximum Gasteiger partial charge on any atom is 0.240 e. The summed E-state index contributed by atoms with van der Waals surface area (Å²) < 4.78 is 1.97. The zero-order valence-corrected chi connectivity index (χ0v) is 17.9. The summed E-state index contributed by atoms with van der Waals surface area (Å²) in [5.74, 6) is 0.131. The van der Waals surface area contributed by atoms with E-state index in [1.807, 2.05) is 61.0 Å². The van der Waals surface area contributed by atoms with Gasteiger partial charge < -0.3 is 10.2 Å². The molecule has 1 aliphatic heterocycles. The van der Waals surface area contributed by atoms with Gasteiger partial charge in [-0.3, -0.25) is 14.3 Å². The van der Waals surface area contributed by atoms with Gasteiger partial charge in [-0.1, -0.05) is 42.5 Å². The van der Waals surface area contributed by atoms with E-state index in [2.05, 4.69) is 22.5 Å². The minimum absolute atomic E-state index is 0.0205. The fraction of sp³-hybridized carbons (Fsp3) is 0.261. The number of rotatable bonds is 6. The molecule has 3 aromatic rings. The number of fused-ring (bicyclic) bond motifs is 1. The molecule has 0 saturated heterocycles. The first-order valence-corrected chi connectivity index (χ1v) is 10.9. The normalized spacial score (nSPS) is 13.3. The van der Waals surface area contributed by atoms with Crippen LogP contribution in [-0.2, 0) is 22.7 Å². The van der Waals surface area contributed by atoms with E-state index in [1.165, 1.54) is 17.3 Å². The zero-order valence-electron chi connectivity index (χ0n) is 17.1. The van der Waals surface area contributed by atoms with Gasteiger partial charge in [-0.15, -0.1) is 11.8 Å². The molecule has 2 aromatic carbocycles. The van der Waals surface area contributed by atoms with Gasteiger partial charge >= 0.3 is 0 Å². The van der Waals surface area contributed by atoms with Gasteiger partial charge in [0.25, 0.3) is 0 Å². The predicted octanol–water partition coefficient (Wildman–Crippen LogP) is 3.30. The number of thioether (sulfide) groups is 1. The minimum Gasteiger partial charge on any atom is -0.350 e. The third-order valence-electron chi connectivity index (χ3n) is 5.28. The average Bonchev–Trinajstić information content (AvgIpc) is 3.02. The second-order valence-corrected chi connectivity index (χ2v) is 8.32.